The number of rotatable bonds is 4. The van der Waals surface area contributed by atoms with Gasteiger partial charge in [0.05, 0.1) is 6.07 Å². The van der Waals surface area contributed by atoms with Gasteiger partial charge in [-0.2, -0.15) is 5.26 Å². The van der Waals surface area contributed by atoms with Gasteiger partial charge in [0, 0.05) is 5.69 Å². The summed E-state index contributed by atoms with van der Waals surface area (Å²) in [5.74, 6) is 0. The molecule has 1 N–H and O–H groups in total. The Morgan fingerprint density at radius 2 is 1.79 bits per heavy atom. The van der Waals surface area contributed by atoms with E-state index in [1.807, 2.05) is 49.4 Å². The Morgan fingerprint density at radius 3 is 2.47 bits per heavy atom. The van der Waals surface area contributed by atoms with E-state index in [0.29, 0.717) is 0 Å². The van der Waals surface area contributed by atoms with Gasteiger partial charge < -0.3 is 5.32 Å². The highest BCUT2D eigenvalue weighted by Gasteiger charge is 2.14. The highest BCUT2D eigenvalue weighted by molar-refractivity contribution is 5.54. The maximum Gasteiger partial charge on any atom is 0.140 e. The second-order valence-corrected chi connectivity index (χ2v) is 4.57. The lowest BCUT2D eigenvalue weighted by atomic mass is 9.99. The maximum atomic E-state index is 9.44. The number of benzene rings is 2. The van der Waals surface area contributed by atoms with Crippen LogP contribution in [-0.2, 0) is 6.42 Å². The minimum atomic E-state index is -0.308. The van der Waals surface area contributed by atoms with Crippen molar-refractivity contribution >= 4 is 5.69 Å². The van der Waals surface area contributed by atoms with Gasteiger partial charge in [0.15, 0.2) is 0 Å². The van der Waals surface area contributed by atoms with Crippen LogP contribution in [0.25, 0.3) is 0 Å². The molecule has 1 unspecified atom stereocenters. The smallest absolute Gasteiger partial charge is 0.140 e. The minimum absolute atomic E-state index is 0.308. The van der Waals surface area contributed by atoms with Crippen molar-refractivity contribution in [3.63, 3.8) is 0 Å². The zero-order chi connectivity index (χ0) is 13.7. The zero-order valence-electron chi connectivity index (χ0n) is 11.4. The predicted molar refractivity (Wildman–Crippen MR) is 79.0 cm³/mol. The van der Waals surface area contributed by atoms with Gasteiger partial charge in [-0.15, -0.1) is 0 Å². The summed E-state index contributed by atoms with van der Waals surface area (Å²) in [4.78, 5) is 0. The molecule has 0 aliphatic heterocycles. The Bertz CT molecular complexity index is 596. The first-order chi connectivity index (χ1) is 9.26. The van der Waals surface area contributed by atoms with Crippen LogP contribution in [0.1, 0.15) is 29.7 Å². The summed E-state index contributed by atoms with van der Waals surface area (Å²) in [6.45, 7) is 4.16. The molecule has 0 heterocycles. The van der Waals surface area contributed by atoms with Crippen molar-refractivity contribution in [3.8, 4) is 6.07 Å². The van der Waals surface area contributed by atoms with Crippen LogP contribution >= 0.6 is 0 Å². The van der Waals surface area contributed by atoms with Crippen molar-refractivity contribution in [1.82, 2.24) is 0 Å². The number of aryl methyl sites for hydroxylation is 2. The molecule has 0 saturated carbocycles. The summed E-state index contributed by atoms with van der Waals surface area (Å²) >= 11 is 0. The molecule has 0 saturated heterocycles. The molecule has 0 fully saturated rings. The minimum Gasteiger partial charge on any atom is -0.366 e. The normalized spacial score (nSPS) is 11.6. The molecule has 2 rings (SSSR count). The second-order valence-electron chi connectivity index (χ2n) is 4.57. The van der Waals surface area contributed by atoms with Gasteiger partial charge in [0.25, 0.3) is 0 Å². The number of hydrogen-bond donors (Lipinski definition) is 1. The van der Waals surface area contributed by atoms with Crippen LogP contribution in [0.15, 0.2) is 48.5 Å². The Labute approximate surface area is 114 Å². The van der Waals surface area contributed by atoms with Crippen LogP contribution in [0, 0.1) is 18.3 Å². The largest absolute Gasteiger partial charge is 0.366 e. The molecule has 0 bridgehead atoms. The molecule has 96 valence electrons. The molecule has 0 aliphatic rings. The summed E-state index contributed by atoms with van der Waals surface area (Å²) in [5.41, 5.74) is 4.45. The van der Waals surface area contributed by atoms with Crippen LogP contribution in [0.4, 0.5) is 5.69 Å². The first-order valence-corrected chi connectivity index (χ1v) is 6.55. The quantitative estimate of drug-likeness (QED) is 0.881. The van der Waals surface area contributed by atoms with E-state index in [2.05, 4.69) is 24.4 Å². The van der Waals surface area contributed by atoms with E-state index >= 15 is 0 Å². The average Bonchev–Trinajstić information content (AvgIpc) is 2.46. The van der Waals surface area contributed by atoms with E-state index in [1.54, 1.807) is 0 Å². The first kappa shape index (κ1) is 13.2. The van der Waals surface area contributed by atoms with E-state index in [4.69, 9.17) is 0 Å². The fourth-order valence-electron chi connectivity index (χ4n) is 2.21. The van der Waals surface area contributed by atoms with Gasteiger partial charge in [-0.05, 0) is 36.1 Å². The molecule has 2 nitrogen and oxygen atoms in total. The second kappa shape index (κ2) is 6.06. The van der Waals surface area contributed by atoms with Gasteiger partial charge in [-0.25, -0.2) is 0 Å². The summed E-state index contributed by atoms with van der Waals surface area (Å²) in [6, 6.07) is 18.2. The summed E-state index contributed by atoms with van der Waals surface area (Å²) in [6.07, 6.45) is 0.934. The lowest BCUT2D eigenvalue weighted by Crippen LogP contribution is -2.11. The van der Waals surface area contributed by atoms with E-state index in [-0.39, 0.29) is 6.04 Å². The topological polar surface area (TPSA) is 35.8 Å². The zero-order valence-corrected chi connectivity index (χ0v) is 11.4. The van der Waals surface area contributed by atoms with Crippen molar-refractivity contribution < 1.29 is 0 Å². The van der Waals surface area contributed by atoms with Crippen LogP contribution < -0.4 is 5.32 Å². The van der Waals surface area contributed by atoms with Crippen LogP contribution in [0.5, 0.6) is 0 Å². The van der Waals surface area contributed by atoms with Crippen LogP contribution in [0.3, 0.4) is 0 Å². The average molecular weight is 250 g/mol. The Kier molecular flexibility index (Phi) is 4.20. The molecular weight excluding hydrogens is 232 g/mol. The fourth-order valence-corrected chi connectivity index (χ4v) is 2.21. The lowest BCUT2D eigenvalue weighted by Gasteiger charge is -2.17. The summed E-state index contributed by atoms with van der Waals surface area (Å²) in [7, 11) is 0. The lowest BCUT2D eigenvalue weighted by molar-refractivity contribution is 0.951. The third-order valence-corrected chi connectivity index (χ3v) is 3.32. The summed E-state index contributed by atoms with van der Waals surface area (Å²) < 4.78 is 0. The number of para-hydroxylation sites is 1. The molecule has 0 amide bonds. The van der Waals surface area contributed by atoms with Crippen molar-refractivity contribution in [2.75, 3.05) is 5.32 Å². The highest BCUT2D eigenvalue weighted by atomic mass is 14.9. The number of hydrogen-bond acceptors (Lipinski definition) is 2. The van der Waals surface area contributed by atoms with E-state index in [0.717, 1.165) is 23.2 Å². The van der Waals surface area contributed by atoms with Gasteiger partial charge in [-0.3, -0.25) is 0 Å². The van der Waals surface area contributed by atoms with Crippen molar-refractivity contribution in [2.24, 2.45) is 0 Å². The van der Waals surface area contributed by atoms with Crippen LogP contribution in [-0.4, -0.2) is 0 Å². The molecule has 0 radical (unpaired) electrons. The molecule has 0 spiro atoms. The van der Waals surface area contributed by atoms with E-state index < -0.39 is 0 Å². The van der Waals surface area contributed by atoms with Gasteiger partial charge in [0.1, 0.15) is 6.04 Å². The van der Waals surface area contributed by atoms with Gasteiger partial charge in [0.2, 0.25) is 0 Å². The van der Waals surface area contributed by atoms with Crippen molar-refractivity contribution in [1.29, 1.82) is 5.26 Å². The molecule has 0 aliphatic carbocycles. The number of nitriles is 1. The standard InChI is InChI=1S/C17H18N2/c1-3-14-9-5-6-10-15(14)17(12-18)19-16-11-7-4-8-13(16)2/h4-11,17,19H,3H2,1-2H3. The molecule has 2 heteroatoms. The fraction of sp³-hybridized carbons (Fsp3) is 0.235. The predicted octanol–water partition coefficient (Wildman–Crippen LogP) is 4.23. The Balaban J connectivity index is 2.31. The van der Waals surface area contributed by atoms with E-state index in [1.165, 1.54) is 5.56 Å². The molecule has 1 atom stereocenters. The third kappa shape index (κ3) is 2.95. The van der Waals surface area contributed by atoms with E-state index in [9.17, 15) is 5.26 Å². The third-order valence-electron chi connectivity index (χ3n) is 3.32. The first-order valence-electron chi connectivity index (χ1n) is 6.55. The Morgan fingerprint density at radius 1 is 1.11 bits per heavy atom. The van der Waals surface area contributed by atoms with Gasteiger partial charge >= 0.3 is 0 Å². The van der Waals surface area contributed by atoms with Crippen molar-refractivity contribution in [2.45, 2.75) is 26.3 Å². The number of nitrogens with one attached hydrogen (secondary N) is 1. The molecule has 0 aromatic heterocycles. The highest BCUT2D eigenvalue weighted by Crippen LogP contribution is 2.24. The van der Waals surface area contributed by atoms with Crippen molar-refractivity contribution in [3.05, 3.63) is 65.2 Å². The maximum absolute atomic E-state index is 9.44. The number of nitrogens with zero attached hydrogens (tertiary/aromatic N) is 1. The number of anilines is 1. The molecular formula is C17H18N2. The SMILES string of the molecule is CCc1ccccc1C(C#N)Nc1ccccc1C. The molecule has 2 aromatic carbocycles. The van der Waals surface area contributed by atoms with Gasteiger partial charge in [-0.1, -0.05) is 49.4 Å². The molecule has 19 heavy (non-hydrogen) atoms. The Hall–Kier alpha value is -2.27. The summed E-state index contributed by atoms with van der Waals surface area (Å²) in [5, 5.41) is 12.8. The monoisotopic (exact) mass is 250 g/mol. The molecule has 2 aromatic rings. The van der Waals surface area contributed by atoms with Crippen LogP contribution in [0.2, 0.25) is 0 Å².